The zero-order chi connectivity index (χ0) is 16.7. The summed E-state index contributed by atoms with van der Waals surface area (Å²) in [6.45, 7) is 2.44. The number of carbonyl (C=O) groups excluding carboxylic acids is 2. The van der Waals surface area contributed by atoms with Gasteiger partial charge in [0.2, 0.25) is 11.8 Å². The van der Waals surface area contributed by atoms with Crippen molar-refractivity contribution in [1.29, 1.82) is 0 Å². The lowest BCUT2D eigenvalue weighted by Crippen LogP contribution is -2.54. The molecule has 2 amide bonds. The van der Waals surface area contributed by atoms with Crippen molar-refractivity contribution in [3.8, 4) is 0 Å². The van der Waals surface area contributed by atoms with Crippen LogP contribution < -0.4 is 16.8 Å². The minimum atomic E-state index is -1.01. The molecular formula is C14H26N4O4. The Balaban J connectivity index is 2.77. The molecule has 3 unspecified atom stereocenters. The zero-order valence-electron chi connectivity index (χ0n) is 13.0. The SMILES string of the molecule is CC(N)C(=O)NC(CCCCN)C(=O)N1CCCC1C(=O)O. The van der Waals surface area contributed by atoms with E-state index in [1.807, 2.05) is 0 Å². The zero-order valence-corrected chi connectivity index (χ0v) is 13.0. The Labute approximate surface area is 130 Å². The molecule has 0 radical (unpaired) electrons. The van der Waals surface area contributed by atoms with E-state index >= 15 is 0 Å². The van der Waals surface area contributed by atoms with Gasteiger partial charge in [0, 0.05) is 6.54 Å². The van der Waals surface area contributed by atoms with Crippen molar-refractivity contribution in [3.05, 3.63) is 0 Å². The number of hydrogen-bond acceptors (Lipinski definition) is 5. The van der Waals surface area contributed by atoms with Gasteiger partial charge in [-0.15, -0.1) is 0 Å². The summed E-state index contributed by atoms with van der Waals surface area (Å²) in [6, 6.07) is -2.28. The van der Waals surface area contributed by atoms with E-state index < -0.39 is 30.0 Å². The van der Waals surface area contributed by atoms with Crippen LogP contribution in [0.3, 0.4) is 0 Å². The monoisotopic (exact) mass is 314 g/mol. The number of rotatable bonds is 8. The predicted molar refractivity (Wildman–Crippen MR) is 80.9 cm³/mol. The highest BCUT2D eigenvalue weighted by atomic mass is 16.4. The van der Waals surface area contributed by atoms with E-state index in [9.17, 15) is 19.5 Å². The quantitative estimate of drug-likeness (QED) is 0.425. The molecule has 0 bridgehead atoms. The molecule has 0 saturated carbocycles. The average Bonchev–Trinajstić information content (AvgIpc) is 2.94. The summed E-state index contributed by atoms with van der Waals surface area (Å²) in [6.07, 6.45) is 2.94. The van der Waals surface area contributed by atoms with Gasteiger partial charge in [-0.1, -0.05) is 0 Å². The molecule has 22 heavy (non-hydrogen) atoms. The van der Waals surface area contributed by atoms with E-state index in [2.05, 4.69) is 5.32 Å². The Morgan fingerprint density at radius 2 is 2.05 bits per heavy atom. The summed E-state index contributed by atoms with van der Waals surface area (Å²) >= 11 is 0. The van der Waals surface area contributed by atoms with Crippen LogP contribution in [-0.4, -0.2) is 59.0 Å². The van der Waals surface area contributed by atoms with Crippen molar-refractivity contribution in [2.24, 2.45) is 11.5 Å². The van der Waals surface area contributed by atoms with Crippen molar-refractivity contribution in [2.75, 3.05) is 13.1 Å². The van der Waals surface area contributed by atoms with Gasteiger partial charge in [0.25, 0.3) is 0 Å². The number of carbonyl (C=O) groups is 3. The first-order valence-corrected chi connectivity index (χ1v) is 7.67. The lowest BCUT2D eigenvalue weighted by Gasteiger charge is -2.27. The largest absolute Gasteiger partial charge is 0.480 e. The molecule has 0 aliphatic carbocycles. The number of hydrogen-bond donors (Lipinski definition) is 4. The van der Waals surface area contributed by atoms with Crippen molar-refractivity contribution in [1.82, 2.24) is 10.2 Å². The summed E-state index contributed by atoms with van der Waals surface area (Å²) in [7, 11) is 0. The van der Waals surface area contributed by atoms with Crippen molar-refractivity contribution in [2.45, 2.75) is 57.2 Å². The van der Waals surface area contributed by atoms with Crippen LogP contribution in [0, 0.1) is 0 Å². The predicted octanol–water partition coefficient (Wildman–Crippen LogP) is -0.977. The second-order valence-electron chi connectivity index (χ2n) is 5.66. The van der Waals surface area contributed by atoms with Gasteiger partial charge in [-0.3, -0.25) is 9.59 Å². The summed E-state index contributed by atoms with van der Waals surface area (Å²) in [5.41, 5.74) is 11.0. The highest BCUT2D eigenvalue weighted by Gasteiger charge is 2.37. The second-order valence-corrected chi connectivity index (χ2v) is 5.66. The maximum atomic E-state index is 12.6. The van der Waals surface area contributed by atoms with Crippen LogP contribution in [-0.2, 0) is 14.4 Å². The first-order chi connectivity index (χ1) is 10.4. The normalized spacial score (nSPS) is 20.5. The Bertz CT molecular complexity index is 414. The Kier molecular flexibility index (Phi) is 7.26. The first kappa shape index (κ1) is 18.4. The second kappa shape index (κ2) is 8.70. The molecule has 3 atom stereocenters. The molecule has 1 aliphatic heterocycles. The third kappa shape index (κ3) is 4.96. The van der Waals surface area contributed by atoms with Gasteiger partial charge in [-0.2, -0.15) is 0 Å². The van der Waals surface area contributed by atoms with E-state index in [4.69, 9.17) is 11.5 Å². The number of nitrogens with two attached hydrogens (primary N) is 2. The Hall–Kier alpha value is -1.67. The Morgan fingerprint density at radius 1 is 1.36 bits per heavy atom. The first-order valence-electron chi connectivity index (χ1n) is 7.67. The fourth-order valence-corrected chi connectivity index (χ4v) is 2.54. The van der Waals surface area contributed by atoms with E-state index in [-0.39, 0.29) is 5.91 Å². The summed E-state index contributed by atoms with van der Waals surface area (Å²) < 4.78 is 0. The van der Waals surface area contributed by atoms with Gasteiger partial charge < -0.3 is 26.8 Å². The molecule has 8 nitrogen and oxygen atoms in total. The van der Waals surface area contributed by atoms with Crippen LogP contribution in [0.2, 0.25) is 0 Å². The number of carboxylic acid groups (broad SMARTS) is 1. The summed E-state index contributed by atoms with van der Waals surface area (Å²) in [4.78, 5) is 36.9. The van der Waals surface area contributed by atoms with E-state index in [1.54, 1.807) is 0 Å². The molecule has 1 fully saturated rings. The van der Waals surface area contributed by atoms with Gasteiger partial charge in [0.1, 0.15) is 12.1 Å². The lowest BCUT2D eigenvalue weighted by atomic mass is 10.1. The van der Waals surface area contributed by atoms with Gasteiger partial charge in [-0.25, -0.2) is 4.79 Å². The Morgan fingerprint density at radius 3 is 2.59 bits per heavy atom. The number of aliphatic carboxylic acids is 1. The molecule has 0 aromatic heterocycles. The van der Waals surface area contributed by atoms with Gasteiger partial charge >= 0.3 is 5.97 Å². The highest BCUT2D eigenvalue weighted by molar-refractivity contribution is 5.91. The standard InChI is InChI=1S/C14H26N4O4/c1-9(16)12(19)17-10(5-2-3-7-15)13(20)18-8-4-6-11(18)14(21)22/h9-11H,2-8,15-16H2,1H3,(H,17,19)(H,21,22). The molecule has 0 spiro atoms. The number of likely N-dealkylation sites (tertiary alicyclic amines) is 1. The number of nitrogens with one attached hydrogen (secondary N) is 1. The van der Waals surface area contributed by atoms with Crippen molar-refractivity contribution < 1.29 is 19.5 Å². The summed E-state index contributed by atoms with van der Waals surface area (Å²) in [5, 5.41) is 11.8. The maximum Gasteiger partial charge on any atom is 0.326 e. The number of amides is 2. The van der Waals surface area contributed by atoms with Crippen molar-refractivity contribution >= 4 is 17.8 Å². The number of nitrogens with zero attached hydrogens (tertiary/aromatic N) is 1. The van der Waals surface area contributed by atoms with Crippen LogP contribution >= 0.6 is 0 Å². The van der Waals surface area contributed by atoms with Crippen LogP contribution in [0.25, 0.3) is 0 Å². The van der Waals surface area contributed by atoms with Crippen LogP contribution in [0.5, 0.6) is 0 Å². The molecule has 1 aliphatic rings. The number of unbranched alkanes of at least 4 members (excludes halogenated alkanes) is 1. The molecule has 6 N–H and O–H groups in total. The van der Waals surface area contributed by atoms with E-state index in [1.165, 1.54) is 11.8 Å². The van der Waals surface area contributed by atoms with Crippen LogP contribution in [0.1, 0.15) is 39.0 Å². The maximum absolute atomic E-state index is 12.6. The van der Waals surface area contributed by atoms with Gasteiger partial charge in [0.05, 0.1) is 6.04 Å². The molecular weight excluding hydrogens is 288 g/mol. The minimum absolute atomic E-state index is 0.351. The average molecular weight is 314 g/mol. The molecule has 0 aromatic rings. The third-order valence-corrected chi connectivity index (χ3v) is 3.80. The highest BCUT2D eigenvalue weighted by Crippen LogP contribution is 2.19. The van der Waals surface area contributed by atoms with E-state index in [0.29, 0.717) is 38.8 Å². The van der Waals surface area contributed by atoms with Crippen molar-refractivity contribution in [3.63, 3.8) is 0 Å². The molecule has 1 rings (SSSR count). The molecule has 1 saturated heterocycles. The smallest absolute Gasteiger partial charge is 0.326 e. The number of carboxylic acids is 1. The molecule has 0 aromatic carbocycles. The summed E-state index contributed by atoms with van der Waals surface area (Å²) in [5.74, 6) is -1.78. The fourth-order valence-electron chi connectivity index (χ4n) is 2.54. The third-order valence-electron chi connectivity index (χ3n) is 3.80. The van der Waals surface area contributed by atoms with Gasteiger partial charge in [0.15, 0.2) is 0 Å². The van der Waals surface area contributed by atoms with E-state index in [0.717, 1.165) is 6.42 Å². The molecule has 8 heteroatoms. The lowest BCUT2D eigenvalue weighted by molar-refractivity contribution is -0.149. The fraction of sp³-hybridized carbons (Fsp3) is 0.786. The molecule has 1 heterocycles. The topological polar surface area (TPSA) is 139 Å². The molecule has 126 valence electrons. The van der Waals surface area contributed by atoms with Crippen LogP contribution in [0.15, 0.2) is 0 Å². The van der Waals surface area contributed by atoms with Crippen LogP contribution in [0.4, 0.5) is 0 Å². The van der Waals surface area contributed by atoms with Gasteiger partial charge in [-0.05, 0) is 45.6 Å². The minimum Gasteiger partial charge on any atom is -0.480 e.